The molecule has 0 unspecified atom stereocenters. The molecule has 0 bridgehead atoms. The van der Waals surface area contributed by atoms with Gasteiger partial charge in [-0.2, -0.15) is 0 Å². The van der Waals surface area contributed by atoms with E-state index in [-0.39, 0.29) is 5.54 Å². The van der Waals surface area contributed by atoms with E-state index < -0.39 is 0 Å². The molecule has 0 radical (unpaired) electrons. The van der Waals surface area contributed by atoms with Crippen LogP contribution in [0.1, 0.15) is 37.3 Å². The van der Waals surface area contributed by atoms with Crippen molar-refractivity contribution in [1.82, 2.24) is 14.8 Å². The molecule has 1 aliphatic carbocycles. The Morgan fingerprint density at radius 1 is 1.38 bits per heavy atom. The highest BCUT2D eigenvalue weighted by molar-refractivity contribution is 4.92. The minimum atomic E-state index is -0.104. The lowest BCUT2D eigenvalue weighted by Crippen LogP contribution is -2.41. The van der Waals surface area contributed by atoms with Crippen LogP contribution in [0, 0.1) is 6.92 Å². The van der Waals surface area contributed by atoms with Crippen LogP contribution in [-0.4, -0.2) is 26.9 Å². The van der Waals surface area contributed by atoms with Gasteiger partial charge < -0.3 is 15.0 Å². The zero-order valence-electron chi connectivity index (χ0n) is 10.1. The number of ether oxygens (including phenoxy) is 1. The second-order valence-electron chi connectivity index (χ2n) is 4.78. The molecular weight excluding hydrogens is 204 g/mol. The van der Waals surface area contributed by atoms with Crippen LogP contribution in [0.3, 0.4) is 0 Å². The van der Waals surface area contributed by atoms with E-state index in [0.29, 0.717) is 13.2 Å². The van der Waals surface area contributed by atoms with Crippen molar-refractivity contribution < 1.29 is 4.74 Å². The Hall–Kier alpha value is -0.940. The molecule has 0 aromatic carbocycles. The van der Waals surface area contributed by atoms with Crippen molar-refractivity contribution in [3.05, 3.63) is 11.6 Å². The van der Waals surface area contributed by atoms with Crippen LogP contribution in [0.4, 0.5) is 0 Å². The average Bonchev–Trinajstić information content (AvgIpc) is 2.80. The van der Waals surface area contributed by atoms with Crippen LogP contribution in [0.5, 0.6) is 0 Å². The van der Waals surface area contributed by atoms with E-state index >= 15 is 0 Å². The standard InChI is InChI=1S/C11H20N4O/c1-9-13-14-10(15(9)2)7-16-8-11(12)5-3-4-6-11/h3-8,12H2,1-2H3. The predicted octanol–water partition coefficient (Wildman–Crippen LogP) is 0.912. The van der Waals surface area contributed by atoms with Crippen molar-refractivity contribution in [3.63, 3.8) is 0 Å². The minimum Gasteiger partial charge on any atom is -0.372 e. The van der Waals surface area contributed by atoms with E-state index in [1.54, 1.807) is 0 Å². The minimum absolute atomic E-state index is 0.104. The van der Waals surface area contributed by atoms with Crippen LogP contribution >= 0.6 is 0 Å². The smallest absolute Gasteiger partial charge is 0.158 e. The number of aromatic nitrogens is 3. The Bertz CT molecular complexity index is 355. The summed E-state index contributed by atoms with van der Waals surface area (Å²) in [6.07, 6.45) is 4.60. The van der Waals surface area contributed by atoms with E-state index in [9.17, 15) is 0 Å². The van der Waals surface area contributed by atoms with Gasteiger partial charge in [0.2, 0.25) is 0 Å². The first-order valence-electron chi connectivity index (χ1n) is 5.82. The maximum absolute atomic E-state index is 6.20. The average molecular weight is 224 g/mol. The van der Waals surface area contributed by atoms with Gasteiger partial charge in [-0.1, -0.05) is 12.8 Å². The maximum Gasteiger partial charge on any atom is 0.158 e. The van der Waals surface area contributed by atoms with Crippen LogP contribution in [0.15, 0.2) is 0 Å². The number of rotatable bonds is 4. The summed E-state index contributed by atoms with van der Waals surface area (Å²) in [5, 5.41) is 8.03. The summed E-state index contributed by atoms with van der Waals surface area (Å²) in [6, 6.07) is 0. The lowest BCUT2D eigenvalue weighted by Gasteiger charge is -2.22. The summed E-state index contributed by atoms with van der Waals surface area (Å²) in [5.74, 6) is 1.76. The topological polar surface area (TPSA) is 66.0 Å². The van der Waals surface area contributed by atoms with Gasteiger partial charge in [-0.3, -0.25) is 0 Å². The molecule has 0 spiro atoms. The largest absolute Gasteiger partial charge is 0.372 e. The third kappa shape index (κ3) is 2.41. The van der Waals surface area contributed by atoms with E-state index in [1.807, 2.05) is 18.5 Å². The fraction of sp³-hybridized carbons (Fsp3) is 0.818. The maximum atomic E-state index is 6.20. The van der Waals surface area contributed by atoms with Gasteiger partial charge in [0, 0.05) is 12.6 Å². The summed E-state index contributed by atoms with van der Waals surface area (Å²) in [6.45, 7) is 3.05. The van der Waals surface area contributed by atoms with Crippen LogP contribution < -0.4 is 5.73 Å². The highest BCUT2D eigenvalue weighted by Crippen LogP contribution is 2.27. The summed E-state index contributed by atoms with van der Waals surface area (Å²) in [5.41, 5.74) is 6.10. The molecule has 5 nitrogen and oxygen atoms in total. The first kappa shape index (κ1) is 11.5. The molecule has 1 heterocycles. The fourth-order valence-electron chi connectivity index (χ4n) is 2.15. The van der Waals surface area contributed by atoms with Gasteiger partial charge in [-0.25, -0.2) is 0 Å². The first-order valence-corrected chi connectivity index (χ1v) is 5.82. The lowest BCUT2D eigenvalue weighted by molar-refractivity contribution is 0.0695. The van der Waals surface area contributed by atoms with Gasteiger partial charge in [0.15, 0.2) is 5.82 Å². The Morgan fingerprint density at radius 2 is 2.06 bits per heavy atom. The number of hydrogen-bond donors (Lipinski definition) is 1. The van der Waals surface area contributed by atoms with Gasteiger partial charge in [0.1, 0.15) is 12.4 Å². The van der Waals surface area contributed by atoms with E-state index in [1.165, 1.54) is 12.8 Å². The van der Waals surface area contributed by atoms with Crippen molar-refractivity contribution in [1.29, 1.82) is 0 Å². The zero-order chi connectivity index (χ0) is 11.6. The van der Waals surface area contributed by atoms with Gasteiger partial charge in [0.05, 0.1) is 6.61 Å². The van der Waals surface area contributed by atoms with Gasteiger partial charge in [-0.15, -0.1) is 10.2 Å². The van der Waals surface area contributed by atoms with Crippen molar-refractivity contribution in [2.45, 2.75) is 44.8 Å². The van der Waals surface area contributed by atoms with Crippen molar-refractivity contribution in [2.24, 2.45) is 12.8 Å². The molecule has 0 amide bonds. The van der Waals surface area contributed by atoms with Crippen molar-refractivity contribution in [2.75, 3.05) is 6.61 Å². The van der Waals surface area contributed by atoms with E-state index in [4.69, 9.17) is 10.5 Å². The number of hydrogen-bond acceptors (Lipinski definition) is 4. The fourth-order valence-corrected chi connectivity index (χ4v) is 2.15. The Labute approximate surface area is 96.0 Å². The summed E-state index contributed by atoms with van der Waals surface area (Å²) in [7, 11) is 1.95. The SMILES string of the molecule is Cc1nnc(COCC2(N)CCCC2)n1C. The number of nitrogens with two attached hydrogens (primary N) is 1. The quantitative estimate of drug-likeness (QED) is 0.825. The highest BCUT2D eigenvalue weighted by Gasteiger charge is 2.29. The Balaban J connectivity index is 1.82. The molecule has 0 aliphatic heterocycles. The molecule has 0 saturated heterocycles. The van der Waals surface area contributed by atoms with Gasteiger partial charge >= 0.3 is 0 Å². The molecule has 1 fully saturated rings. The van der Waals surface area contributed by atoms with Crippen LogP contribution in [0.25, 0.3) is 0 Å². The highest BCUT2D eigenvalue weighted by atomic mass is 16.5. The molecule has 2 N–H and O–H groups in total. The number of nitrogens with zero attached hydrogens (tertiary/aromatic N) is 3. The van der Waals surface area contributed by atoms with Crippen molar-refractivity contribution in [3.8, 4) is 0 Å². The molecule has 2 rings (SSSR count). The molecule has 0 atom stereocenters. The third-order valence-electron chi connectivity index (χ3n) is 3.40. The third-order valence-corrected chi connectivity index (χ3v) is 3.40. The normalized spacial score (nSPS) is 19.2. The van der Waals surface area contributed by atoms with Crippen LogP contribution in [0.2, 0.25) is 0 Å². The molecule has 1 saturated carbocycles. The second kappa shape index (κ2) is 4.51. The molecule has 16 heavy (non-hydrogen) atoms. The summed E-state index contributed by atoms with van der Waals surface area (Å²) >= 11 is 0. The molecule has 1 aromatic heterocycles. The molecule has 1 aliphatic rings. The second-order valence-corrected chi connectivity index (χ2v) is 4.78. The van der Waals surface area contributed by atoms with E-state index in [2.05, 4.69) is 10.2 Å². The van der Waals surface area contributed by atoms with Gasteiger partial charge in [0.25, 0.3) is 0 Å². The predicted molar refractivity (Wildman–Crippen MR) is 60.8 cm³/mol. The Kier molecular flexibility index (Phi) is 3.25. The molecular formula is C11H20N4O. The summed E-state index contributed by atoms with van der Waals surface area (Å²) < 4.78 is 7.59. The first-order chi connectivity index (χ1) is 7.61. The van der Waals surface area contributed by atoms with Crippen LogP contribution in [-0.2, 0) is 18.4 Å². The molecule has 90 valence electrons. The van der Waals surface area contributed by atoms with Crippen molar-refractivity contribution >= 4 is 0 Å². The monoisotopic (exact) mass is 224 g/mol. The molecule has 1 aromatic rings. The molecule has 5 heteroatoms. The Morgan fingerprint density at radius 3 is 2.62 bits per heavy atom. The van der Waals surface area contributed by atoms with E-state index in [0.717, 1.165) is 24.5 Å². The lowest BCUT2D eigenvalue weighted by atomic mass is 10.0. The zero-order valence-corrected chi connectivity index (χ0v) is 10.1. The van der Waals surface area contributed by atoms with Gasteiger partial charge in [-0.05, 0) is 19.8 Å². The number of aryl methyl sites for hydroxylation is 1. The summed E-state index contributed by atoms with van der Waals surface area (Å²) in [4.78, 5) is 0.